The van der Waals surface area contributed by atoms with Gasteiger partial charge in [0.05, 0.1) is 0 Å². The molecule has 1 rings (SSSR count). The predicted molar refractivity (Wildman–Crippen MR) is 77.1 cm³/mol. The lowest BCUT2D eigenvalue weighted by Gasteiger charge is -2.33. The van der Waals surface area contributed by atoms with E-state index in [2.05, 4.69) is 6.58 Å². The van der Waals surface area contributed by atoms with Crippen molar-refractivity contribution in [2.45, 2.75) is 37.8 Å². The summed E-state index contributed by atoms with van der Waals surface area (Å²) in [6, 6.07) is 1.62. The van der Waals surface area contributed by atoms with E-state index in [1.807, 2.05) is 20.8 Å². The van der Waals surface area contributed by atoms with E-state index in [0.717, 1.165) is 5.69 Å². The second-order valence-electron chi connectivity index (χ2n) is 5.48. The third-order valence-corrected chi connectivity index (χ3v) is 5.02. The van der Waals surface area contributed by atoms with Gasteiger partial charge in [0.15, 0.2) is 0 Å². The molecule has 1 heterocycles. The zero-order valence-corrected chi connectivity index (χ0v) is 12.9. The van der Waals surface area contributed by atoms with Crippen LogP contribution < -0.4 is 5.73 Å². The van der Waals surface area contributed by atoms with Crippen LogP contribution in [0.3, 0.4) is 0 Å². The normalized spacial score (nSPS) is 12.9. The van der Waals surface area contributed by atoms with Crippen molar-refractivity contribution in [2.24, 2.45) is 12.8 Å². The molecular weight excluding hydrogens is 262 g/mol. The van der Waals surface area contributed by atoms with Gasteiger partial charge in [-0.2, -0.15) is 4.31 Å². The lowest BCUT2D eigenvalue weighted by Crippen LogP contribution is -2.45. The van der Waals surface area contributed by atoms with Crippen molar-refractivity contribution in [3.63, 3.8) is 0 Å². The highest BCUT2D eigenvalue weighted by Crippen LogP contribution is 2.25. The minimum absolute atomic E-state index is 0.271. The maximum Gasteiger partial charge on any atom is 0.245 e. The van der Waals surface area contributed by atoms with Crippen molar-refractivity contribution in [3.05, 3.63) is 30.6 Å². The Morgan fingerprint density at radius 2 is 2.05 bits per heavy atom. The van der Waals surface area contributed by atoms with Gasteiger partial charge in [0.1, 0.15) is 4.90 Å². The average Bonchev–Trinajstić information content (AvgIpc) is 2.66. The number of nitrogens with two attached hydrogens (primary N) is 1. The van der Waals surface area contributed by atoms with Crippen molar-refractivity contribution in [1.29, 1.82) is 0 Å². The third kappa shape index (κ3) is 3.26. The van der Waals surface area contributed by atoms with Gasteiger partial charge in [-0.1, -0.05) is 6.08 Å². The van der Waals surface area contributed by atoms with Gasteiger partial charge in [0.25, 0.3) is 0 Å². The Labute approximate surface area is 115 Å². The highest BCUT2D eigenvalue weighted by molar-refractivity contribution is 7.89. The summed E-state index contributed by atoms with van der Waals surface area (Å²) in [6.45, 7) is 9.80. The maximum atomic E-state index is 12.7. The molecule has 5 nitrogen and oxygen atoms in total. The lowest BCUT2D eigenvalue weighted by atomic mass is 10.1. The molecule has 2 N–H and O–H groups in total. The molecule has 0 bridgehead atoms. The second kappa shape index (κ2) is 5.48. The van der Waals surface area contributed by atoms with Crippen LogP contribution in [0.2, 0.25) is 0 Å². The summed E-state index contributed by atoms with van der Waals surface area (Å²) in [6.07, 6.45) is 3.19. The van der Waals surface area contributed by atoms with Crippen LogP contribution in [0.25, 0.3) is 0 Å². The Balaban J connectivity index is 3.30. The molecule has 0 atom stereocenters. The second-order valence-corrected chi connectivity index (χ2v) is 7.34. The topological polar surface area (TPSA) is 68.3 Å². The monoisotopic (exact) mass is 285 g/mol. The molecule has 0 aliphatic carbocycles. The molecule has 0 aliphatic heterocycles. The molecule has 0 aromatic carbocycles. The zero-order chi connectivity index (χ0) is 14.8. The molecule has 0 spiro atoms. The largest absolute Gasteiger partial charge is 0.352 e. The van der Waals surface area contributed by atoms with Gasteiger partial charge in [0, 0.05) is 37.6 Å². The van der Waals surface area contributed by atoms with Gasteiger partial charge in [0.2, 0.25) is 10.0 Å². The molecule has 108 valence electrons. The molecular formula is C13H23N3O2S. The Kier molecular flexibility index (Phi) is 4.60. The van der Waals surface area contributed by atoms with Gasteiger partial charge in [-0.25, -0.2) is 8.42 Å². The number of aromatic nitrogens is 1. The minimum Gasteiger partial charge on any atom is -0.352 e. The van der Waals surface area contributed by atoms with Gasteiger partial charge in [-0.05, 0) is 26.8 Å². The van der Waals surface area contributed by atoms with E-state index in [1.165, 1.54) is 4.31 Å². The number of rotatable bonds is 5. The van der Waals surface area contributed by atoms with E-state index in [4.69, 9.17) is 5.73 Å². The molecule has 0 saturated heterocycles. The van der Waals surface area contributed by atoms with Crippen molar-refractivity contribution in [2.75, 3.05) is 6.54 Å². The van der Waals surface area contributed by atoms with E-state index in [0.29, 0.717) is 6.54 Å². The van der Waals surface area contributed by atoms with E-state index in [1.54, 1.807) is 30.0 Å². The molecule has 0 unspecified atom stereocenters. The summed E-state index contributed by atoms with van der Waals surface area (Å²) in [7, 11) is -1.76. The summed E-state index contributed by atoms with van der Waals surface area (Å²) in [5.74, 6) is 0. The Bertz CT molecular complexity index is 553. The molecule has 1 aromatic heterocycles. The smallest absolute Gasteiger partial charge is 0.245 e. The predicted octanol–water partition coefficient (Wildman–Crippen LogP) is 1.46. The van der Waals surface area contributed by atoms with Gasteiger partial charge >= 0.3 is 0 Å². The average molecular weight is 285 g/mol. The fourth-order valence-electron chi connectivity index (χ4n) is 1.90. The summed E-state index contributed by atoms with van der Waals surface area (Å²) >= 11 is 0. The van der Waals surface area contributed by atoms with Crippen molar-refractivity contribution >= 4 is 10.0 Å². The van der Waals surface area contributed by atoms with Crippen molar-refractivity contribution < 1.29 is 8.42 Å². The highest BCUT2D eigenvalue weighted by atomic mass is 32.2. The quantitative estimate of drug-likeness (QED) is 0.833. The van der Waals surface area contributed by atoms with E-state index < -0.39 is 15.6 Å². The summed E-state index contributed by atoms with van der Waals surface area (Å²) in [5, 5.41) is 0. The standard InChI is InChI=1S/C13H23N3O2S/c1-6-7-16(13(2,3)4)19(17,18)12-8-11(9-14)15(5)10-12/h6,8,10H,1,7,9,14H2,2-5H3. The molecule has 0 saturated carbocycles. The van der Waals surface area contributed by atoms with Crippen LogP contribution in [-0.4, -0.2) is 29.4 Å². The fraction of sp³-hybridized carbons (Fsp3) is 0.538. The van der Waals surface area contributed by atoms with Crippen LogP contribution in [0.1, 0.15) is 26.5 Å². The van der Waals surface area contributed by atoms with Gasteiger partial charge in [-0.15, -0.1) is 6.58 Å². The zero-order valence-electron chi connectivity index (χ0n) is 12.0. The Morgan fingerprint density at radius 1 is 1.47 bits per heavy atom. The van der Waals surface area contributed by atoms with Crippen LogP contribution in [0, 0.1) is 0 Å². The lowest BCUT2D eigenvalue weighted by molar-refractivity contribution is 0.270. The molecule has 19 heavy (non-hydrogen) atoms. The summed E-state index contributed by atoms with van der Waals surface area (Å²) in [5.41, 5.74) is 5.86. The van der Waals surface area contributed by atoms with E-state index in [-0.39, 0.29) is 11.4 Å². The molecule has 1 aromatic rings. The molecule has 0 radical (unpaired) electrons. The first-order chi connectivity index (χ1) is 8.64. The summed E-state index contributed by atoms with van der Waals surface area (Å²) in [4.78, 5) is 0.271. The number of aryl methyl sites for hydroxylation is 1. The molecule has 0 fully saturated rings. The van der Waals surface area contributed by atoms with Crippen molar-refractivity contribution in [3.8, 4) is 0 Å². The minimum atomic E-state index is -3.55. The van der Waals surface area contributed by atoms with Gasteiger partial charge < -0.3 is 10.3 Å². The number of nitrogens with zero attached hydrogens (tertiary/aromatic N) is 2. The first kappa shape index (κ1) is 15.9. The number of hydrogen-bond acceptors (Lipinski definition) is 3. The maximum absolute atomic E-state index is 12.7. The number of sulfonamides is 1. The fourth-order valence-corrected chi connectivity index (χ4v) is 3.75. The van der Waals surface area contributed by atoms with Crippen LogP contribution in [0.4, 0.5) is 0 Å². The van der Waals surface area contributed by atoms with Crippen LogP contribution in [0.5, 0.6) is 0 Å². The molecule has 0 aliphatic rings. The number of hydrogen-bond donors (Lipinski definition) is 1. The SMILES string of the molecule is C=CCN(C(C)(C)C)S(=O)(=O)c1cc(CN)n(C)c1. The third-order valence-electron chi connectivity index (χ3n) is 2.92. The molecule has 0 amide bonds. The van der Waals surface area contributed by atoms with Gasteiger partial charge in [-0.3, -0.25) is 0 Å². The molecule has 6 heteroatoms. The van der Waals surface area contributed by atoms with Crippen molar-refractivity contribution in [1.82, 2.24) is 8.87 Å². The highest BCUT2D eigenvalue weighted by Gasteiger charge is 2.33. The first-order valence-electron chi connectivity index (χ1n) is 6.13. The van der Waals surface area contributed by atoms with E-state index in [9.17, 15) is 8.42 Å². The first-order valence-corrected chi connectivity index (χ1v) is 7.57. The Hall–Kier alpha value is -1.11. The van der Waals surface area contributed by atoms with Crippen LogP contribution in [0.15, 0.2) is 29.8 Å². The Morgan fingerprint density at radius 3 is 2.42 bits per heavy atom. The van der Waals surface area contributed by atoms with Crippen LogP contribution in [-0.2, 0) is 23.6 Å². The van der Waals surface area contributed by atoms with Crippen LogP contribution >= 0.6 is 0 Å². The van der Waals surface area contributed by atoms with E-state index >= 15 is 0 Å². The summed E-state index contributed by atoms with van der Waals surface area (Å²) < 4.78 is 28.5.